The minimum absolute atomic E-state index is 0.435. The Kier molecular flexibility index (Phi) is 0.859. The summed E-state index contributed by atoms with van der Waals surface area (Å²) in [5.41, 5.74) is 5.05. The average molecular weight is 84.9 g/mol. The van der Waals surface area contributed by atoms with Crippen molar-refractivity contribution in [2.45, 2.75) is 18.7 Å². The third kappa shape index (κ3) is 0.728. The van der Waals surface area contributed by atoms with Gasteiger partial charge in [0, 0.05) is 0 Å². The molecular formula is C3H8BNO. The Morgan fingerprint density at radius 1 is 1.67 bits per heavy atom. The van der Waals surface area contributed by atoms with E-state index in [4.69, 9.17) is 10.7 Å². The van der Waals surface area contributed by atoms with Gasteiger partial charge in [-0.05, 0) is 5.82 Å². The second-order valence-electron chi connectivity index (χ2n) is 1.83. The molecule has 0 aromatic heterocycles. The van der Waals surface area contributed by atoms with Gasteiger partial charge >= 0.3 is 7.05 Å². The third-order valence-electron chi connectivity index (χ3n) is 1.10. The van der Waals surface area contributed by atoms with Crippen molar-refractivity contribution in [3.63, 3.8) is 0 Å². The molecule has 0 bridgehead atoms. The topological polar surface area (TPSA) is 46.2 Å². The SMILES string of the molecule is NB(O)C1CC1. The second kappa shape index (κ2) is 1.24. The van der Waals surface area contributed by atoms with Crippen LogP contribution in [0.15, 0.2) is 0 Å². The van der Waals surface area contributed by atoms with Crippen LogP contribution in [-0.2, 0) is 0 Å². The lowest BCUT2D eigenvalue weighted by atomic mass is 9.79. The molecule has 0 aromatic carbocycles. The summed E-state index contributed by atoms with van der Waals surface area (Å²) in [4.78, 5) is 0. The van der Waals surface area contributed by atoms with E-state index in [-0.39, 0.29) is 0 Å². The molecule has 1 fully saturated rings. The molecule has 0 heterocycles. The van der Waals surface area contributed by atoms with E-state index in [1.165, 1.54) is 0 Å². The zero-order chi connectivity index (χ0) is 4.57. The molecule has 2 nitrogen and oxygen atoms in total. The van der Waals surface area contributed by atoms with Crippen molar-refractivity contribution >= 4 is 7.05 Å². The van der Waals surface area contributed by atoms with Gasteiger partial charge in [-0.3, -0.25) is 0 Å². The maximum Gasteiger partial charge on any atom is 0.377 e. The average Bonchev–Trinajstić information content (AvgIpc) is 2.06. The summed E-state index contributed by atoms with van der Waals surface area (Å²) < 4.78 is 0. The highest BCUT2D eigenvalue weighted by atomic mass is 16.2. The minimum Gasteiger partial charge on any atom is -0.437 e. The molecule has 1 rings (SSSR count). The number of nitrogens with two attached hydrogens (primary N) is 1. The van der Waals surface area contributed by atoms with Crippen LogP contribution in [0.1, 0.15) is 12.8 Å². The van der Waals surface area contributed by atoms with Crippen LogP contribution in [0.5, 0.6) is 0 Å². The van der Waals surface area contributed by atoms with Gasteiger partial charge in [0.25, 0.3) is 0 Å². The molecule has 1 aliphatic rings. The van der Waals surface area contributed by atoms with Gasteiger partial charge in [-0.25, -0.2) is 0 Å². The molecule has 1 saturated carbocycles. The first-order valence-corrected chi connectivity index (χ1v) is 2.24. The van der Waals surface area contributed by atoms with E-state index in [0.717, 1.165) is 12.8 Å². The first-order chi connectivity index (χ1) is 2.80. The standard InChI is InChI=1S/C3H8BNO/c5-4(6)3-1-2-3/h3,6H,1-2,5H2. The Morgan fingerprint density at radius 2 is 2.17 bits per heavy atom. The van der Waals surface area contributed by atoms with Gasteiger partial charge in [-0.2, -0.15) is 0 Å². The van der Waals surface area contributed by atoms with E-state index >= 15 is 0 Å². The summed E-state index contributed by atoms with van der Waals surface area (Å²) in [6.07, 6.45) is 2.25. The van der Waals surface area contributed by atoms with Crippen LogP contribution in [0.2, 0.25) is 5.82 Å². The molecule has 0 unspecified atom stereocenters. The lowest BCUT2D eigenvalue weighted by molar-refractivity contribution is 0.568. The van der Waals surface area contributed by atoms with Crippen molar-refractivity contribution in [1.82, 2.24) is 0 Å². The molecule has 3 heteroatoms. The van der Waals surface area contributed by atoms with Crippen LogP contribution in [0.4, 0.5) is 0 Å². The number of hydrogen-bond donors (Lipinski definition) is 2. The Bertz CT molecular complexity index is 52.8. The van der Waals surface area contributed by atoms with E-state index in [2.05, 4.69) is 0 Å². The first-order valence-electron chi connectivity index (χ1n) is 2.24. The summed E-state index contributed by atoms with van der Waals surface area (Å²) in [5.74, 6) is 0.435. The molecule has 0 spiro atoms. The van der Waals surface area contributed by atoms with Crippen LogP contribution in [0, 0.1) is 0 Å². The van der Waals surface area contributed by atoms with Gasteiger partial charge < -0.3 is 10.7 Å². The Balaban J connectivity index is 2.13. The Hall–Kier alpha value is -0.0151. The molecule has 6 heavy (non-hydrogen) atoms. The van der Waals surface area contributed by atoms with Crippen LogP contribution in [0.3, 0.4) is 0 Å². The molecular weight excluding hydrogens is 76.9 g/mol. The third-order valence-corrected chi connectivity index (χ3v) is 1.10. The van der Waals surface area contributed by atoms with Crippen molar-refractivity contribution in [1.29, 1.82) is 0 Å². The van der Waals surface area contributed by atoms with Crippen molar-refractivity contribution in [3.05, 3.63) is 0 Å². The maximum absolute atomic E-state index is 8.47. The lowest BCUT2D eigenvalue weighted by Gasteiger charge is -1.86. The van der Waals surface area contributed by atoms with Crippen molar-refractivity contribution in [2.24, 2.45) is 5.64 Å². The monoisotopic (exact) mass is 85.1 g/mol. The highest BCUT2D eigenvalue weighted by Gasteiger charge is 2.30. The highest BCUT2D eigenvalue weighted by Crippen LogP contribution is 2.36. The van der Waals surface area contributed by atoms with Crippen LogP contribution < -0.4 is 5.64 Å². The van der Waals surface area contributed by atoms with Crippen LogP contribution >= 0.6 is 0 Å². The predicted molar refractivity (Wildman–Crippen MR) is 25.1 cm³/mol. The molecule has 0 saturated heterocycles. The fourth-order valence-corrected chi connectivity index (χ4v) is 0.438. The minimum atomic E-state index is -0.537. The summed E-state index contributed by atoms with van der Waals surface area (Å²) in [6.45, 7) is 0. The van der Waals surface area contributed by atoms with Gasteiger partial charge in [0.1, 0.15) is 0 Å². The van der Waals surface area contributed by atoms with Crippen molar-refractivity contribution < 1.29 is 5.02 Å². The smallest absolute Gasteiger partial charge is 0.377 e. The molecule has 0 aromatic rings. The van der Waals surface area contributed by atoms with Gasteiger partial charge in [0.15, 0.2) is 0 Å². The molecule has 0 aliphatic heterocycles. The van der Waals surface area contributed by atoms with E-state index in [9.17, 15) is 0 Å². The van der Waals surface area contributed by atoms with E-state index in [0.29, 0.717) is 5.82 Å². The summed E-state index contributed by atoms with van der Waals surface area (Å²) in [6, 6.07) is 0. The normalized spacial score (nSPS) is 21.0. The zero-order valence-electron chi connectivity index (χ0n) is 3.59. The zero-order valence-corrected chi connectivity index (χ0v) is 3.59. The first kappa shape index (κ1) is 4.15. The maximum atomic E-state index is 8.47. The van der Waals surface area contributed by atoms with Gasteiger partial charge in [0.2, 0.25) is 0 Å². The summed E-state index contributed by atoms with van der Waals surface area (Å²) >= 11 is 0. The molecule has 0 amide bonds. The summed E-state index contributed by atoms with van der Waals surface area (Å²) in [7, 11) is -0.537. The number of rotatable bonds is 1. The largest absolute Gasteiger partial charge is 0.437 e. The quantitative estimate of drug-likeness (QED) is 0.425. The fraction of sp³-hybridized carbons (Fsp3) is 1.00. The predicted octanol–water partition coefficient (Wildman–Crippen LogP) is -0.410. The molecule has 34 valence electrons. The van der Waals surface area contributed by atoms with Gasteiger partial charge in [-0.15, -0.1) is 0 Å². The van der Waals surface area contributed by atoms with Crippen LogP contribution in [0.25, 0.3) is 0 Å². The fourth-order valence-electron chi connectivity index (χ4n) is 0.438. The van der Waals surface area contributed by atoms with E-state index < -0.39 is 7.05 Å². The molecule has 3 N–H and O–H groups in total. The highest BCUT2D eigenvalue weighted by molar-refractivity contribution is 6.49. The number of hydrogen-bond acceptors (Lipinski definition) is 2. The van der Waals surface area contributed by atoms with Gasteiger partial charge in [0.05, 0.1) is 0 Å². The van der Waals surface area contributed by atoms with Crippen LogP contribution in [-0.4, -0.2) is 12.1 Å². The lowest BCUT2D eigenvalue weighted by Crippen LogP contribution is -2.24. The van der Waals surface area contributed by atoms with Gasteiger partial charge in [-0.1, -0.05) is 12.8 Å². The molecule has 1 aliphatic carbocycles. The van der Waals surface area contributed by atoms with E-state index in [1.54, 1.807) is 0 Å². The molecule has 0 atom stereocenters. The second-order valence-corrected chi connectivity index (χ2v) is 1.83. The van der Waals surface area contributed by atoms with E-state index in [1.807, 2.05) is 0 Å². The Labute approximate surface area is 37.5 Å². The van der Waals surface area contributed by atoms with Crippen molar-refractivity contribution in [3.8, 4) is 0 Å². The summed E-state index contributed by atoms with van der Waals surface area (Å²) in [5, 5.41) is 8.47. The Morgan fingerprint density at radius 3 is 2.17 bits per heavy atom. The molecule has 0 radical (unpaired) electrons. The van der Waals surface area contributed by atoms with Crippen molar-refractivity contribution in [2.75, 3.05) is 0 Å².